The molecule has 0 unspecified atom stereocenters. The molecular formula is C10H19F. The van der Waals surface area contributed by atoms with Crippen molar-refractivity contribution in [2.75, 3.05) is 0 Å². The van der Waals surface area contributed by atoms with Crippen LogP contribution in [0.3, 0.4) is 0 Å². The van der Waals surface area contributed by atoms with Crippen molar-refractivity contribution in [3.05, 3.63) is 0 Å². The lowest BCUT2D eigenvalue weighted by Gasteiger charge is -2.33. The summed E-state index contributed by atoms with van der Waals surface area (Å²) in [6.07, 6.45) is 3.72. The number of hydrogen-bond donors (Lipinski definition) is 0. The van der Waals surface area contributed by atoms with Crippen LogP contribution in [0.4, 0.5) is 4.39 Å². The summed E-state index contributed by atoms with van der Waals surface area (Å²) in [6, 6.07) is 0. The third kappa shape index (κ3) is 2.46. The SMILES string of the molecule is CC(C)[C@H]1CC[C@](C)(F)CC1. The third-order valence-corrected chi connectivity index (χ3v) is 3.02. The van der Waals surface area contributed by atoms with Gasteiger partial charge in [-0.3, -0.25) is 0 Å². The number of halogens is 1. The Morgan fingerprint density at radius 3 is 2.09 bits per heavy atom. The van der Waals surface area contributed by atoms with Gasteiger partial charge in [0.05, 0.1) is 0 Å². The second-order valence-corrected chi connectivity index (χ2v) is 4.49. The monoisotopic (exact) mass is 158 g/mol. The van der Waals surface area contributed by atoms with Crippen LogP contribution in [-0.2, 0) is 0 Å². The number of rotatable bonds is 1. The Morgan fingerprint density at radius 1 is 1.27 bits per heavy atom. The predicted molar refractivity (Wildman–Crippen MR) is 46.3 cm³/mol. The molecule has 0 atom stereocenters. The normalized spacial score (nSPS) is 39.5. The lowest BCUT2D eigenvalue weighted by molar-refractivity contribution is 0.0893. The van der Waals surface area contributed by atoms with E-state index in [0.717, 1.165) is 37.5 Å². The number of hydrogen-bond acceptors (Lipinski definition) is 0. The lowest BCUT2D eigenvalue weighted by Crippen LogP contribution is -2.27. The van der Waals surface area contributed by atoms with Crippen molar-refractivity contribution < 1.29 is 4.39 Å². The summed E-state index contributed by atoms with van der Waals surface area (Å²) in [6.45, 7) is 6.22. The Labute approximate surface area is 69.2 Å². The molecule has 1 rings (SSSR count). The highest BCUT2D eigenvalue weighted by molar-refractivity contribution is 4.82. The van der Waals surface area contributed by atoms with E-state index in [4.69, 9.17) is 0 Å². The first-order chi connectivity index (χ1) is 5.01. The zero-order valence-corrected chi connectivity index (χ0v) is 7.86. The summed E-state index contributed by atoms with van der Waals surface area (Å²) in [4.78, 5) is 0. The molecule has 11 heavy (non-hydrogen) atoms. The molecule has 1 aliphatic carbocycles. The van der Waals surface area contributed by atoms with E-state index in [1.54, 1.807) is 6.92 Å². The van der Waals surface area contributed by atoms with Gasteiger partial charge in [-0.05, 0) is 44.4 Å². The summed E-state index contributed by atoms with van der Waals surface area (Å²) < 4.78 is 13.3. The van der Waals surface area contributed by atoms with E-state index in [9.17, 15) is 4.39 Å². The van der Waals surface area contributed by atoms with Crippen molar-refractivity contribution in [1.82, 2.24) is 0 Å². The van der Waals surface area contributed by atoms with E-state index >= 15 is 0 Å². The topological polar surface area (TPSA) is 0 Å². The summed E-state index contributed by atoms with van der Waals surface area (Å²) in [5.41, 5.74) is -0.856. The second-order valence-electron chi connectivity index (χ2n) is 4.49. The van der Waals surface area contributed by atoms with Gasteiger partial charge in [0.2, 0.25) is 0 Å². The molecule has 0 radical (unpaired) electrons. The van der Waals surface area contributed by atoms with Crippen LogP contribution in [0.25, 0.3) is 0 Å². The third-order valence-electron chi connectivity index (χ3n) is 3.02. The van der Waals surface area contributed by atoms with Crippen molar-refractivity contribution in [2.45, 2.75) is 52.1 Å². The molecular weight excluding hydrogens is 139 g/mol. The van der Waals surface area contributed by atoms with E-state index in [1.165, 1.54) is 0 Å². The largest absolute Gasteiger partial charge is 0.244 e. The molecule has 0 saturated heterocycles. The molecule has 0 N–H and O–H groups in total. The fourth-order valence-electron chi connectivity index (χ4n) is 1.91. The first kappa shape index (κ1) is 9.02. The molecule has 0 aromatic carbocycles. The molecule has 0 bridgehead atoms. The van der Waals surface area contributed by atoms with Gasteiger partial charge in [-0.15, -0.1) is 0 Å². The van der Waals surface area contributed by atoms with Crippen LogP contribution in [0.1, 0.15) is 46.5 Å². The first-order valence-corrected chi connectivity index (χ1v) is 4.70. The van der Waals surface area contributed by atoms with Crippen LogP contribution < -0.4 is 0 Å². The van der Waals surface area contributed by atoms with Crippen molar-refractivity contribution in [1.29, 1.82) is 0 Å². The molecule has 0 aliphatic heterocycles. The van der Waals surface area contributed by atoms with Gasteiger partial charge < -0.3 is 0 Å². The highest BCUT2D eigenvalue weighted by Crippen LogP contribution is 2.37. The van der Waals surface area contributed by atoms with Crippen molar-refractivity contribution in [3.63, 3.8) is 0 Å². The van der Waals surface area contributed by atoms with Crippen molar-refractivity contribution in [3.8, 4) is 0 Å². The standard InChI is InChI=1S/C10H19F/c1-8(2)9-4-6-10(3,11)7-5-9/h8-9H,4-7H2,1-3H3/t9-,10-. The maximum absolute atomic E-state index is 13.3. The molecule has 0 aromatic rings. The summed E-state index contributed by atoms with van der Waals surface area (Å²) in [7, 11) is 0. The fourth-order valence-corrected chi connectivity index (χ4v) is 1.91. The van der Waals surface area contributed by atoms with Crippen LogP contribution in [-0.4, -0.2) is 5.67 Å². The van der Waals surface area contributed by atoms with Crippen LogP contribution in [0, 0.1) is 11.8 Å². The second kappa shape index (κ2) is 3.12. The zero-order valence-electron chi connectivity index (χ0n) is 7.86. The molecule has 1 aliphatic rings. The van der Waals surface area contributed by atoms with Crippen LogP contribution >= 0.6 is 0 Å². The number of alkyl halides is 1. The van der Waals surface area contributed by atoms with Gasteiger partial charge >= 0.3 is 0 Å². The molecule has 0 spiro atoms. The summed E-state index contributed by atoms with van der Waals surface area (Å²) in [5, 5.41) is 0. The van der Waals surface area contributed by atoms with Gasteiger partial charge in [0.1, 0.15) is 5.67 Å². The molecule has 1 saturated carbocycles. The average molecular weight is 158 g/mol. The van der Waals surface area contributed by atoms with Crippen LogP contribution in [0.15, 0.2) is 0 Å². The Bertz CT molecular complexity index is 117. The Morgan fingerprint density at radius 2 is 1.73 bits per heavy atom. The van der Waals surface area contributed by atoms with Crippen LogP contribution in [0.2, 0.25) is 0 Å². The average Bonchev–Trinajstić information content (AvgIpc) is 1.86. The lowest BCUT2D eigenvalue weighted by atomic mass is 9.76. The molecule has 0 nitrogen and oxygen atoms in total. The maximum atomic E-state index is 13.3. The molecule has 66 valence electrons. The van der Waals surface area contributed by atoms with E-state index in [1.807, 2.05) is 0 Å². The Balaban J connectivity index is 2.36. The molecule has 0 heterocycles. The summed E-state index contributed by atoms with van der Waals surface area (Å²) >= 11 is 0. The minimum absolute atomic E-state index is 0.742. The predicted octanol–water partition coefficient (Wildman–Crippen LogP) is 3.56. The van der Waals surface area contributed by atoms with Crippen molar-refractivity contribution in [2.24, 2.45) is 11.8 Å². The van der Waals surface area contributed by atoms with Gasteiger partial charge in [-0.1, -0.05) is 13.8 Å². The van der Waals surface area contributed by atoms with E-state index in [0.29, 0.717) is 0 Å². The minimum Gasteiger partial charge on any atom is -0.244 e. The van der Waals surface area contributed by atoms with Crippen LogP contribution in [0.5, 0.6) is 0 Å². The van der Waals surface area contributed by atoms with E-state index < -0.39 is 5.67 Å². The smallest absolute Gasteiger partial charge is 0.108 e. The molecule has 0 aromatic heterocycles. The van der Waals surface area contributed by atoms with Crippen molar-refractivity contribution >= 4 is 0 Å². The summed E-state index contributed by atoms with van der Waals surface area (Å²) in [5.74, 6) is 1.52. The highest BCUT2D eigenvalue weighted by Gasteiger charge is 2.31. The molecule has 1 heteroatoms. The fraction of sp³-hybridized carbons (Fsp3) is 1.00. The molecule has 0 amide bonds. The highest BCUT2D eigenvalue weighted by atomic mass is 19.1. The Kier molecular flexibility index (Phi) is 2.56. The zero-order chi connectivity index (χ0) is 8.48. The van der Waals surface area contributed by atoms with Gasteiger partial charge in [-0.2, -0.15) is 0 Å². The first-order valence-electron chi connectivity index (χ1n) is 4.70. The Hall–Kier alpha value is -0.0700. The van der Waals surface area contributed by atoms with Gasteiger partial charge in [-0.25, -0.2) is 4.39 Å². The van der Waals surface area contributed by atoms with E-state index in [2.05, 4.69) is 13.8 Å². The van der Waals surface area contributed by atoms with Gasteiger partial charge in [0.15, 0.2) is 0 Å². The minimum atomic E-state index is -0.856. The van der Waals surface area contributed by atoms with Gasteiger partial charge in [0.25, 0.3) is 0 Å². The maximum Gasteiger partial charge on any atom is 0.108 e. The van der Waals surface area contributed by atoms with Gasteiger partial charge in [0, 0.05) is 0 Å². The molecule has 1 fully saturated rings. The van der Waals surface area contributed by atoms with E-state index in [-0.39, 0.29) is 0 Å². The quantitative estimate of drug-likeness (QED) is 0.547.